The largest absolute Gasteiger partial charge is 0.334 e. The van der Waals surface area contributed by atoms with Gasteiger partial charge in [-0.1, -0.05) is 47.7 Å². The fraction of sp³-hybridized carbons (Fsp3) is 0.111. The Bertz CT molecular complexity index is 977. The van der Waals surface area contributed by atoms with Crippen LogP contribution in [0.5, 0.6) is 0 Å². The maximum Gasteiger partial charge on any atom is 0.321 e. The van der Waals surface area contributed by atoms with Crippen LogP contribution in [0.4, 0.5) is 9.93 Å². The maximum atomic E-state index is 12.1. The van der Waals surface area contributed by atoms with E-state index in [0.717, 1.165) is 21.3 Å². The molecular weight excluding hydrogens is 348 g/mol. The van der Waals surface area contributed by atoms with Gasteiger partial charge in [0.2, 0.25) is 0 Å². The van der Waals surface area contributed by atoms with Gasteiger partial charge in [0.25, 0.3) is 0 Å². The number of carbonyl (C=O) groups excluding carboxylic acids is 1. The van der Waals surface area contributed by atoms with Gasteiger partial charge in [-0.05, 0) is 23.3 Å². The van der Waals surface area contributed by atoms with Gasteiger partial charge in [-0.15, -0.1) is 0 Å². The van der Waals surface area contributed by atoms with Crippen molar-refractivity contribution in [3.8, 4) is 0 Å². The Morgan fingerprint density at radius 1 is 1.08 bits per heavy atom. The van der Waals surface area contributed by atoms with Gasteiger partial charge in [0.1, 0.15) is 12.7 Å². The van der Waals surface area contributed by atoms with Crippen LogP contribution in [0.1, 0.15) is 11.1 Å². The lowest BCUT2D eigenvalue weighted by Gasteiger charge is -2.07. The standard InChI is InChI=1S/C18H16N6OS/c25-17(23-18-22-15-3-1-2-4-16(15)26-18)20-9-13-5-7-14(8-6-13)10-24-12-19-11-21-24/h1-8,11-12H,9-10H2,(H2,20,22,23,25). The summed E-state index contributed by atoms with van der Waals surface area (Å²) in [6.45, 7) is 1.12. The molecule has 2 heterocycles. The first kappa shape index (κ1) is 16.2. The molecule has 0 saturated carbocycles. The summed E-state index contributed by atoms with van der Waals surface area (Å²) >= 11 is 1.45. The van der Waals surface area contributed by atoms with Crippen LogP contribution in [0.3, 0.4) is 0 Å². The molecule has 26 heavy (non-hydrogen) atoms. The maximum absolute atomic E-state index is 12.1. The van der Waals surface area contributed by atoms with Crippen LogP contribution >= 0.6 is 11.3 Å². The van der Waals surface area contributed by atoms with Crippen molar-refractivity contribution in [1.29, 1.82) is 0 Å². The third kappa shape index (κ3) is 3.86. The number of benzene rings is 2. The molecule has 0 aliphatic heterocycles. The van der Waals surface area contributed by atoms with Crippen LogP contribution in [-0.2, 0) is 13.1 Å². The average Bonchev–Trinajstić information content (AvgIpc) is 3.30. The van der Waals surface area contributed by atoms with Crippen LogP contribution in [0.2, 0.25) is 0 Å². The Balaban J connectivity index is 1.31. The Morgan fingerprint density at radius 3 is 2.65 bits per heavy atom. The molecule has 0 aliphatic carbocycles. The van der Waals surface area contributed by atoms with Crippen molar-refractivity contribution in [2.75, 3.05) is 5.32 Å². The third-order valence-electron chi connectivity index (χ3n) is 3.80. The molecule has 130 valence electrons. The molecule has 0 atom stereocenters. The lowest BCUT2D eigenvalue weighted by Crippen LogP contribution is -2.28. The number of carbonyl (C=O) groups is 1. The summed E-state index contributed by atoms with van der Waals surface area (Å²) in [5.74, 6) is 0. The zero-order valence-corrected chi connectivity index (χ0v) is 14.6. The van der Waals surface area contributed by atoms with Crippen molar-refractivity contribution >= 4 is 32.7 Å². The van der Waals surface area contributed by atoms with E-state index in [9.17, 15) is 4.79 Å². The number of thiazole rings is 1. The molecule has 4 aromatic rings. The highest BCUT2D eigenvalue weighted by Crippen LogP contribution is 2.25. The van der Waals surface area contributed by atoms with E-state index >= 15 is 0 Å². The second-order valence-electron chi connectivity index (χ2n) is 5.70. The van der Waals surface area contributed by atoms with E-state index in [1.807, 2.05) is 48.5 Å². The number of nitrogens with zero attached hydrogens (tertiary/aromatic N) is 4. The van der Waals surface area contributed by atoms with Gasteiger partial charge in [0.15, 0.2) is 5.13 Å². The molecule has 8 heteroatoms. The summed E-state index contributed by atoms with van der Waals surface area (Å²) in [7, 11) is 0. The number of hydrogen-bond acceptors (Lipinski definition) is 5. The lowest BCUT2D eigenvalue weighted by atomic mass is 10.1. The predicted molar refractivity (Wildman–Crippen MR) is 101 cm³/mol. The molecule has 7 nitrogen and oxygen atoms in total. The number of amides is 2. The van der Waals surface area contributed by atoms with Gasteiger partial charge in [-0.3, -0.25) is 5.32 Å². The van der Waals surface area contributed by atoms with Crippen molar-refractivity contribution in [3.63, 3.8) is 0 Å². The fourth-order valence-electron chi connectivity index (χ4n) is 2.51. The molecule has 2 aromatic heterocycles. The van der Waals surface area contributed by atoms with E-state index in [1.54, 1.807) is 11.0 Å². The van der Waals surface area contributed by atoms with Crippen LogP contribution < -0.4 is 10.6 Å². The van der Waals surface area contributed by atoms with Crippen molar-refractivity contribution in [2.24, 2.45) is 0 Å². The molecule has 0 aliphatic rings. The molecule has 2 aromatic carbocycles. The number of para-hydroxylation sites is 1. The van der Waals surface area contributed by atoms with Crippen LogP contribution in [0.15, 0.2) is 61.2 Å². The van der Waals surface area contributed by atoms with E-state index in [2.05, 4.69) is 25.7 Å². The normalized spacial score (nSPS) is 10.8. The van der Waals surface area contributed by atoms with Crippen molar-refractivity contribution in [2.45, 2.75) is 13.1 Å². The predicted octanol–water partition coefficient (Wildman–Crippen LogP) is 3.26. The zero-order valence-electron chi connectivity index (χ0n) is 13.8. The minimum atomic E-state index is -0.268. The van der Waals surface area contributed by atoms with Crippen LogP contribution in [-0.4, -0.2) is 25.8 Å². The SMILES string of the molecule is O=C(NCc1ccc(Cn2cncn2)cc1)Nc1nc2ccccc2s1. The quantitative estimate of drug-likeness (QED) is 0.569. The van der Waals surface area contributed by atoms with E-state index < -0.39 is 0 Å². The number of rotatable bonds is 5. The van der Waals surface area contributed by atoms with E-state index in [-0.39, 0.29) is 6.03 Å². The number of hydrogen-bond donors (Lipinski definition) is 2. The van der Waals surface area contributed by atoms with E-state index in [0.29, 0.717) is 18.2 Å². The summed E-state index contributed by atoms with van der Waals surface area (Å²) < 4.78 is 2.81. The van der Waals surface area contributed by atoms with Gasteiger partial charge in [-0.2, -0.15) is 5.10 Å². The van der Waals surface area contributed by atoms with E-state index in [1.165, 1.54) is 17.7 Å². The highest BCUT2D eigenvalue weighted by atomic mass is 32.1. The minimum absolute atomic E-state index is 0.268. The van der Waals surface area contributed by atoms with Crippen molar-refractivity contribution in [3.05, 3.63) is 72.3 Å². The Hall–Kier alpha value is -3.26. The molecule has 0 unspecified atom stereocenters. The highest BCUT2D eigenvalue weighted by molar-refractivity contribution is 7.22. The molecule has 0 fully saturated rings. The molecular formula is C18H16N6OS. The molecule has 4 rings (SSSR count). The zero-order chi connectivity index (χ0) is 17.8. The minimum Gasteiger partial charge on any atom is -0.334 e. The first-order valence-electron chi connectivity index (χ1n) is 8.07. The number of nitrogens with one attached hydrogen (secondary N) is 2. The molecule has 2 N–H and O–H groups in total. The van der Waals surface area contributed by atoms with Gasteiger partial charge < -0.3 is 5.32 Å². The fourth-order valence-corrected chi connectivity index (χ4v) is 3.37. The average molecular weight is 364 g/mol. The number of fused-ring (bicyclic) bond motifs is 1. The smallest absolute Gasteiger partial charge is 0.321 e. The molecule has 0 bridgehead atoms. The van der Waals surface area contributed by atoms with Gasteiger partial charge >= 0.3 is 6.03 Å². The van der Waals surface area contributed by atoms with Gasteiger partial charge in [0, 0.05) is 6.54 Å². The van der Waals surface area contributed by atoms with Crippen LogP contribution in [0.25, 0.3) is 10.2 Å². The topological polar surface area (TPSA) is 84.7 Å². The summed E-state index contributed by atoms with van der Waals surface area (Å²) in [6, 6.07) is 15.5. The summed E-state index contributed by atoms with van der Waals surface area (Å²) in [4.78, 5) is 20.4. The number of anilines is 1. The lowest BCUT2D eigenvalue weighted by molar-refractivity contribution is 0.251. The second kappa shape index (κ2) is 7.32. The number of aromatic nitrogens is 4. The monoisotopic (exact) mass is 364 g/mol. The summed E-state index contributed by atoms with van der Waals surface area (Å²) in [6.07, 6.45) is 3.20. The first-order chi connectivity index (χ1) is 12.8. The molecule has 0 saturated heterocycles. The van der Waals surface area contributed by atoms with Crippen molar-refractivity contribution in [1.82, 2.24) is 25.1 Å². The van der Waals surface area contributed by atoms with Crippen LogP contribution in [0, 0.1) is 0 Å². The third-order valence-corrected chi connectivity index (χ3v) is 4.75. The highest BCUT2D eigenvalue weighted by Gasteiger charge is 2.07. The molecule has 2 amide bonds. The van der Waals surface area contributed by atoms with Gasteiger partial charge in [-0.25, -0.2) is 19.4 Å². The molecule has 0 spiro atoms. The van der Waals surface area contributed by atoms with Crippen molar-refractivity contribution < 1.29 is 4.79 Å². The first-order valence-corrected chi connectivity index (χ1v) is 8.88. The Morgan fingerprint density at radius 2 is 1.88 bits per heavy atom. The van der Waals surface area contributed by atoms with E-state index in [4.69, 9.17) is 0 Å². The summed E-state index contributed by atoms with van der Waals surface area (Å²) in [5.41, 5.74) is 3.03. The Labute approximate surface area is 153 Å². The van der Waals surface area contributed by atoms with Gasteiger partial charge in [0.05, 0.1) is 16.8 Å². The Kier molecular flexibility index (Phi) is 4.57. The second-order valence-corrected chi connectivity index (χ2v) is 6.73. The number of urea groups is 1. The molecule has 0 radical (unpaired) electrons. The summed E-state index contributed by atoms with van der Waals surface area (Å²) in [5, 5.41) is 10.3.